The summed E-state index contributed by atoms with van der Waals surface area (Å²) in [6.45, 7) is 4.61. The smallest absolute Gasteiger partial charge is 0.262 e. The molecule has 3 aromatic rings. The van der Waals surface area contributed by atoms with Gasteiger partial charge in [-0.25, -0.2) is 4.52 Å². The molecule has 28 heavy (non-hydrogen) atoms. The van der Waals surface area contributed by atoms with Gasteiger partial charge < -0.3 is 19.5 Å². The van der Waals surface area contributed by atoms with Crippen LogP contribution in [0.3, 0.4) is 0 Å². The number of nitrogens with one attached hydrogen (secondary N) is 1. The molecule has 1 aliphatic carbocycles. The van der Waals surface area contributed by atoms with Crippen molar-refractivity contribution in [1.29, 1.82) is 0 Å². The van der Waals surface area contributed by atoms with Crippen LogP contribution in [0.4, 0.5) is 5.82 Å². The Hall–Kier alpha value is -2.87. The molecule has 2 aliphatic rings. The maximum absolute atomic E-state index is 12.0. The molecule has 8 nitrogen and oxygen atoms in total. The number of hydrogen-bond acceptors (Lipinski definition) is 6. The predicted octanol–water partition coefficient (Wildman–Crippen LogP) is 2.59. The molecule has 3 aromatic heterocycles. The van der Waals surface area contributed by atoms with E-state index in [0.717, 1.165) is 42.6 Å². The fourth-order valence-electron chi connectivity index (χ4n) is 3.69. The number of nitrogens with zero attached hydrogens (tertiary/aromatic N) is 4. The summed E-state index contributed by atoms with van der Waals surface area (Å²) in [7, 11) is 2.10. The van der Waals surface area contributed by atoms with E-state index in [0.29, 0.717) is 30.0 Å². The highest BCUT2D eigenvalue weighted by Crippen LogP contribution is 2.34. The monoisotopic (exact) mass is 381 g/mol. The van der Waals surface area contributed by atoms with E-state index in [4.69, 9.17) is 9.26 Å². The van der Waals surface area contributed by atoms with E-state index in [2.05, 4.69) is 27.5 Å². The number of rotatable bonds is 6. The maximum atomic E-state index is 12.0. The van der Waals surface area contributed by atoms with Crippen molar-refractivity contribution in [2.24, 2.45) is 11.8 Å². The Morgan fingerprint density at radius 1 is 1.36 bits per heavy atom. The number of anilines is 1. The first-order chi connectivity index (χ1) is 13.6. The SMILES string of the molecule is Cc1onc(OCC2CN(C)C2)c1-c1ccn2nc(NC(=O)C3CC3)cc2c1. The van der Waals surface area contributed by atoms with Gasteiger partial charge in [-0.2, -0.15) is 5.10 Å². The lowest BCUT2D eigenvalue weighted by molar-refractivity contribution is -0.117. The predicted molar refractivity (Wildman–Crippen MR) is 103 cm³/mol. The van der Waals surface area contributed by atoms with Crippen LogP contribution in [0.25, 0.3) is 16.6 Å². The Balaban J connectivity index is 1.38. The number of pyridine rings is 1. The molecule has 8 heteroatoms. The normalized spacial score (nSPS) is 17.6. The van der Waals surface area contributed by atoms with E-state index in [1.54, 1.807) is 4.52 Å². The second kappa shape index (κ2) is 6.63. The zero-order chi connectivity index (χ0) is 19.3. The van der Waals surface area contributed by atoms with Gasteiger partial charge in [-0.1, -0.05) is 0 Å². The van der Waals surface area contributed by atoms with Crippen LogP contribution in [0.2, 0.25) is 0 Å². The fraction of sp³-hybridized carbons (Fsp3) is 0.450. The molecule has 4 heterocycles. The van der Waals surface area contributed by atoms with Crippen LogP contribution in [-0.2, 0) is 4.79 Å². The number of fused-ring (bicyclic) bond motifs is 1. The average molecular weight is 381 g/mol. The molecule has 1 aliphatic heterocycles. The fourth-order valence-corrected chi connectivity index (χ4v) is 3.69. The number of amides is 1. The molecule has 0 atom stereocenters. The first-order valence-corrected chi connectivity index (χ1v) is 9.65. The van der Waals surface area contributed by atoms with Gasteiger partial charge in [0.05, 0.1) is 17.7 Å². The van der Waals surface area contributed by atoms with Crippen molar-refractivity contribution in [3.05, 3.63) is 30.2 Å². The van der Waals surface area contributed by atoms with E-state index in [1.165, 1.54) is 0 Å². The van der Waals surface area contributed by atoms with E-state index >= 15 is 0 Å². The minimum absolute atomic E-state index is 0.0517. The highest BCUT2D eigenvalue weighted by Gasteiger charge is 2.30. The van der Waals surface area contributed by atoms with Crippen LogP contribution in [0, 0.1) is 18.8 Å². The first-order valence-electron chi connectivity index (χ1n) is 9.65. The number of aryl methyl sites for hydroxylation is 1. The van der Waals surface area contributed by atoms with Crippen LogP contribution in [0.15, 0.2) is 28.9 Å². The lowest BCUT2D eigenvalue weighted by Gasteiger charge is -2.35. The third-order valence-corrected chi connectivity index (χ3v) is 5.38. The molecular formula is C20H23N5O3. The Kier molecular flexibility index (Phi) is 4.08. The number of carbonyl (C=O) groups is 1. The van der Waals surface area contributed by atoms with Crippen molar-refractivity contribution >= 4 is 17.2 Å². The molecule has 0 radical (unpaired) electrons. The minimum Gasteiger partial charge on any atom is -0.475 e. The topological polar surface area (TPSA) is 84.9 Å². The third-order valence-electron chi connectivity index (χ3n) is 5.38. The molecule has 5 rings (SSSR count). The number of ether oxygens (including phenoxy) is 1. The van der Waals surface area contributed by atoms with Gasteiger partial charge in [-0.3, -0.25) is 4.79 Å². The van der Waals surface area contributed by atoms with E-state index in [9.17, 15) is 4.79 Å². The van der Waals surface area contributed by atoms with Crippen molar-refractivity contribution < 1.29 is 14.1 Å². The largest absolute Gasteiger partial charge is 0.475 e. The Bertz CT molecular complexity index is 1030. The zero-order valence-corrected chi connectivity index (χ0v) is 16.0. The molecule has 0 bridgehead atoms. The number of aromatic nitrogens is 3. The van der Waals surface area contributed by atoms with Crippen LogP contribution in [0.1, 0.15) is 18.6 Å². The van der Waals surface area contributed by atoms with Crippen molar-refractivity contribution in [1.82, 2.24) is 19.7 Å². The maximum Gasteiger partial charge on any atom is 0.262 e. The summed E-state index contributed by atoms with van der Waals surface area (Å²) in [5.41, 5.74) is 2.70. The summed E-state index contributed by atoms with van der Waals surface area (Å²) in [5, 5.41) is 11.4. The highest BCUT2D eigenvalue weighted by atomic mass is 16.5. The minimum atomic E-state index is 0.0517. The van der Waals surface area contributed by atoms with Gasteiger partial charge in [-0.05, 0) is 49.7 Å². The van der Waals surface area contributed by atoms with Gasteiger partial charge in [0, 0.05) is 37.2 Å². The Morgan fingerprint density at radius 3 is 2.93 bits per heavy atom. The van der Waals surface area contributed by atoms with Crippen molar-refractivity contribution in [3.63, 3.8) is 0 Å². The van der Waals surface area contributed by atoms with Crippen molar-refractivity contribution in [2.45, 2.75) is 19.8 Å². The summed E-state index contributed by atoms with van der Waals surface area (Å²) < 4.78 is 13.1. The van der Waals surface area contributed by atoms with Crippen LogP contribution in [-0.4, -0.2) is 52.3 Å². The van der Waals surface area contributed by atoms with Gasteiger partial charge in [0.1, 0.15) is 5.76 Å². The van der Waals surface area contributed by atoms with Gasteiger partial charge in [0.2, 0.25) is 5.91 Å². The molecule has 1 N–H and O–H groups in total. The summed E-state index contributed by atoms with van der Waals surface area (Å²) in [4.78, 5) is 14.2. The van der Waals surface area contributed by atoms with Crippen LogP contribution in [0.5, 0.6) is 5.88 Å². The third kappa shape index (κ3) is 3.24. The standard InChI is InChI=1S/C20H23N5O3/c1-12-18(20(23-28-12)27-11-13-9-24(2)10-13)15-5-6-25-16(7-15)8-17(22-25)21-19(26)14-3-4-14/h5-8,13-14H,3-4,9-11H2,1-2H3,(H,21,22,26). The second-order valence-electron chi connectivity index (χ2n) is 7.90. The molecule has 1 saturated heterocycles. The van der Waals surface area contributed by atoms with E-state index < -0.39 is 0 Å². The highest BCUT2D eigenvalue weighted by molar-refractivity contribution is 5.93. The van der Waals surface area contributed by atoms with Crippen molar-refractivity contribution in [3.8, 4) is 17.0 Å². The molecule has 146 valence electrons. The molecule has 0 unspecified atom stereocenters. The number of carbonyl (C=O) groups excluding carboxylic acids is 1. The Labute approximate surface area is 162 Å². The van der Waals surface area contributed by atoms with E-state index in [-0.39, 0.29) is 11.8 Å². The summed E-state index contributed by atoms with van der Waals surface area (Å²) in [6.07, 6.45) is 3.81. The first kappa shape index (κ1) is 17.2. The molecule has 0 spiro atoms. The molecule has 1 amide bonds. The number of likely N-dealkylation sites (tertiary alicyclic amines) is 1. The van der Waals surface area contributed by atoms with Crippen molar-refractivity contribution in [2.75, 3.05) is 32.1 Å². The van der Waals surface area contributed by atoms with Crippen LogP contribution < -0.4 is 10.1 Å². The van der Waals surface area contributed by atoms with Gasteiger partial charge in [-0.15, -0.1) is 0 Å². The lowest BCUT2D eigenvalue weighted by atomic mass is 10.0. The second-order valence-corrected chi connectivity index (χ2v) is 7.90. The molecule has 0 aromatic carbocycles. The zero-order valence-electron chi connectivity index (χ0n) is 16.0. The van der Waals surface area contributed by atoms with Gasteiger partial charge in [0.15, 0.2) is 5.82 Å². The molecular weight excluding hydrogens is 358 g/mol. The number of hydrogen-bond donors (Lipinski definition) is 1. The van der Waals surface area contributed by atoms with Gasteiger partial charge in [0.25, 0.3) is 5.88 Å². The van der Waals surface area contributed by atoms with Gasteiger partial charge >= 0.3 is 0 Å². The molecule has 2 fully saturated rings. The summed E-state index contributed by atoms with van der Waals surface area (Å²) in [5.74, 6) is 2.54. The van der Waals surface area contributed by atoms with E-state index in [1.807, 2.05) is 31.3 Å². The summed E-state index contributed by atoms with van der Waals surface area (Å²) >= 11 is 0. The lowest BCUT2D eigenvalue weighted by Crippen LogP contribution is -2.46. The Morgan fingerprint density at radius 2 is 2.18 bits per heavy atom. The average Bonchev–Trinajstić information content (AvgIpc) is 3.33. The molecule has 1 saturated carbocycles. The quantitative estimate of drug-likeness (QED) is 0.706. The van der Waals surface area contributed by atoms with Crippen LogP contribution >= 0.6 is 0 Å². The summed E-state index contributed by atoms with van der Waals surface area (Å²) in [6, 6.07) is 5.83.